The molecule has 1 amide bonds. The number of rotatable bonds is 7. The topological polar surface area (TPSA) is 95.5 Å². The summed E-state index contributed by atoms with van der Waals surface area (Å²) in [5.74, 6) is -1.66. The van der Waals surface area contributed by atoms with Crippen LogP contribution in [0.3, 0.4) is 0 Å². The van der Waals surface area contributed by atoms with Gasteiger partial charge in [0.05, 0.1) is 15.6 Å². The molecule has 0 heterocycles. The van der Waals surface area contributed by atoms with Crippen molar-refractivity contribution in [2.45, 2.75) is 33.4 Å². The zero-order valence-corrected chi connectivity index (χ0v) is 19.8. The van der Waals surface area contributed by atoms with Crippen LogP contribution in [-0.4, -0.2) is 31.2 Å². The van der Waals surface area contributed by atoms with Crippen LogP contribution in [0.15, 0.2) is 87.5 Å². The molecule has 0 aromatic heterocycles. The SMILES string of the molecule is C[C@@](O)(C(=O)Nc1ccc(Sc2ccc(NS(=O)(=O)c3ccccc3)cc2)cc1Cl)C(F)(F)F. The Morgan fingerprint density at radius 3 is 2.12 bits per heavy atom. The second kappa shape index (κ2) is 9.87. The highest BCUT2D eigenvalue weighted by Crippen LogP contribution is 2.35. The Hall–Kier alpha value is -2.73. The molecular formula is C22H18ClF3N2O4S2. The van der Waals surface area contributed by atoms with Gasteiger partial charge in [0.15, 0.2) is 0 Å². The molecule has 0 saturated carbocycles. The maximum atomic E-state index is 12.8. The summed E-state index contributed by atoms with van der Waals surface area (Å²) in [6.07, 6.45) is -5.15. The first-order chi connectivity index (χ1) is 15.8. The van der Waals surface area contributed by atoms with E-state index in [-0.39, 0.29) is 15.6 Å². The molecule has 3 rings (SSSR count). The van der Waals surface area contributed by atoms with Crippen LogP contribution in [0.2, 0.25) is 5.02 Å². The van der Waals surface area contributed by atoms with Crippen molar-refractivity contribution in [1.29, 1.82) is 0 Å². The van der Waals surface area contributed by atoms with Crippen molar-refractivity contribution in [2.24, 2.45) is 0 Å². The van der Waals surface area contributed by atoms with Crippen LogP contribution >= 0.6 is 23.4 Å². The molecule has 6 nitrogen and oxygen atoms in total. The standard InChI is InChI=1S/C22H18ClF3N2O4S2/c1-21(30,22(24,25)26)20(29)27-19-12-11-16(13-18(19)23)33-15-9-7-14(8-10-15)28-34(31,32)17-5-3-2-4-6-17/h2-13,28,30H,1H3,(H,27,29)/t21-/m1/s1. The lowest BCUT2D eigenvalue weighted by Crippen LogP contribution is -2.52. The number of carbonyl (C=O) groups excluding carboxylic acids is 1. The Bertz CT molecular complexity index is 1280. The molecule has 0 radical (unpaired) electrons. The Kier molecular flexibility index (Phi) is 7.51. The Balaban J connectivity index is 1.67. The normalized spacial score (nSPS) is 13.7. The number of alkyl halides is 3. The summed E-state index contributed by atoms with van der Waals surface area (Å²) in [6.45, 7) is 0.351. The van der Waals surface area contributed by atoms with Crippen molar-refractivity contribution in [3.05, 3.63) is 77.8 Å². The van der Waals surface area contributed by atoms with Crippen molar-refractivity contribution in [3.63, 3.8) is 0 Å². The molecule has 0 bridgehead atoms. The molecule has 34 heavy (non-hydrogen) atoms. The first kappa shape index (κ1) is 25.9. The molecule has 0 spiro atoms. The molecule has 0 aliphatic rings. The average molecular weight is 531 g/mol. The molecule has 12 heteroatoms. The van der Waals surface area contributed by atoms with Crippen molar-refractivity contribution in [3.8, 4) is 0 Å². The maximum absolute atomic E-state index is 12.8. The summed E-state index contributed by atoms with van der Waals surface area (Å²) in [7, 11) is -3.72. The number of anilines is 2. The lowest BCUT2D eigenvalue weighted by atomic mass is 10.1. The minimum atomic E-state index is -5.15. The molecule has 0 unspecified atom stereocenters. The van der Waals surface area contributed by atoms with E-state index in [1.807, 2.05) is 5.32 Å². The van der Waals surface area contributed by atoms with Gasteiger partial charge in [-0.05, 0) is 61.5 Å². The van der Waals surface area contributed by atoms with Crippen LogP contribution in [0, 0.1) is 0 Å². The highest BCUT2D eigenvalue weighted by molar-refractivity contribution is 7.99. The van der Waals surface area contributed by atoms with Crippen molar-refractivity contribution >= 4 is 50.7 Å². The number of nitrogens with one attached hydrogen (secondary N) is 2. The van der Waals surface area contributed by atoms with E-state index in [0.717, 1.165) is 4.90 Å². The number of hydrogen-bond acceptors (Lipinski definition) is 5. The fourth-order valence-electron chi connectivity index (χ4n) is 2.57. The highest BCUT2D eigenvalue weighted by atomic mass is 35.5. The Morgan fingerprint density at radius 1 is 0.971 bits per heavy atom. The number of benzene rings is 3. The highest BCUT2D eigenvalue weighted by Gasteiger charge is 2.55. The summed E-state index contributed by atoms with van der Waals surface area (Å²) >= 11 is 7.35. The van der Waals surface area contributed by atoms with Gasteiger partial charge < -0.3 is 10.4 Å². The van der Waals surface area contributed by atoms with E-state index in [4.69, 9.17) is 11.6 Å². The van der Waals surface area contributed by atoms with Crippen LogP contribution in [-0.2, 0) is 14.8 Å². The molecule has 180 valence electrons. The summed E-state index contributed by atoms with van der Waals surface area (Å²) in [6, 6.07) is 18.7. The Labute approximate surface area is 203 Å². The van der Waals surface area contributed by atoms with Crippen molar-refractivity contribution < 1.29 is 31.5 Å². The number of sulfonamides is 1. The lowest BCUT2D eigenvalue weighted by molar-refractivity contribution is -0.242. The molecule has 0 saturated heterocycles. The molecule has 0 aliphatic carbocycles. The van der Waals surface area contributed by atoms with Crippen molar-refractivity contribution in [2.75, 3.05) is 10.0 Å². The van der Waals surface area contributed by atoms with Crippen LogP contribution in [0.4, 0.5) is 24.5 Å². The smallest absolute Gasteiger partial charge is 0.373 e. The average Bonchev–Trinajstić information content (AvgIpc) is 2.76. The summed E-state index contributed by atoms with van der Waals surface area (Å²) < 4.78 is 65.7. The number of carbonyl (C=O) groups is 1. The van der Waals surface area contributed by atoms with E-state index < -0.39 is 27.7 Å². The minimum absolute atomic E-state index is 0.0245. The number of halogens is 4. The minimum Gasteiger partial charge on any atom is -0.373 e. The maximum Gasteiger partial charge on any atom is 0.426 e. The van der Waals surface area contributed by atoms with E-state index in [9.17, 15) is 31.5 Å². The van der Waals surface area contributed by atoms with Gasteiger partial charge in [-0.25, -0.2) is 8.42 Å². The second-order valence-corrected chi connectivity index (χ2v) is 10.4. The van der Waals surface area contributed by atoms with Gasteiger partial charge in [-0.15, -0.1) is 0 Å². The number of aliphatic hydroxyl groups is 1. The predicted molar refractivity (Wildman–Crippen MR) is 125 cm³/mol. The fraction of sp³-hybridized carbons (Fsp3) is 0.136. The van der Waals surface area contributed by atoms with Gasteiger partial charge in [-0.1, -0.05) is 41.6 Å². The molecule has 3 aromatic rings. The Morgan fingerprint density at radius 2 is 1.56 bits per heavy atom. The summed E-state index contributed by atoms with van der Waals surface area (Å²) in [5.41, 5.74) is -3.31. The fourth-order valence-corrected chi connectivity index (χ4v) is 4.80. The molecule has 1 atom stereocenters. The second-order valence-electron chi connectivity index (χ2n) is 7.21. The number of amides is 1. The third kappa shape index (κ3) is 6.03. The lowest BCUT2D eigenvalue weighted by Gasteiger charge is -2.25. The van der Waals surface area contributed by atoms with Crippen LogP contribution in [0.25, 0.3) is 0 Å². The van der Waals surface area contributed by atoms with Gasteiger partial charge in [0.1, 0.15) is 0 Å². The molecule has 3 aromatic carbocycles. The van der Waals surface area contributed by atoms with Gasteiger partial charge >= 0.3 is 6.18 Å². The van der Waals surface area contributed by atoms with Gasteiger partial charge in [-0.3, -0.25) is 9.52 Å². The summed E-state index contributed by atoms with van der Waals surface area (Å²) in [4.78, 5) is 13.3. The monoisotopic (exact) mass is 530 g/mol. The molecule has 3 N–H and O–H groups in total. The molecule has 0 fully saturated rings. The third-order valence-corrected chi connectivity index (χ3v) is 7.29. The first-order valence-corrected chi connectivity index (χ1v) is 12.2. The quantitative estimate of drug-likeness (QED) is 0.372. The van der Waals surface area contributed by atoms with E-state index >= 15 is 0 Å². The number of hydrogen-bond donors (Lipinski definition) is 3. The van der Waals surface area contributed by atoms with Crippen LogP contribution in [0.1, 0.15) is 6.92 Å². The van der Waals surface area contributed by atoms with E-state index in [0.29, 0.717) is 17.5 Å². The van der Waals surface area contributed by atoms with E-state index in [1.165, 1.54) is 42.1 Å². The van der Waals surface area contributed by atoms with Gasteiger partial charge in [-0.2, -0.15) is 13.2 Å². The van der Waals surface area contributed by atoms with Crippen LogP contribution in [0.5, 0.6) is 0 Å². The first-order valence-electron chi connectivity index (χ1n) is 9.55. The largest absolute Gasteiger partial charge is 0.426 e. The van der Waals surface area contributed by atoms with E-state index in [2.05, 4.69) is 4.72 Å². The van der Waals surface area contributed by atoms with Crippen LogP contribution < -0.4 is 10.0 Å². The van der Waals surface area contributed by atoms with Gasteiger partial charge in [0, 0.05) is 15.5 Å². The zero-order chi connectivity index (χ0) is 25.1. The van der Waals surface area contributed by atoms with Gasteiger partial charge in [0.25, 0.3) is 15.9 Å². The van der Waals surface area contributed by atoms with Gasteiger partial charge in [0.2, 0.25) is 5.60 Å². The molecule has 0 aliphatic heterocycles. The zero-order valence-electron chi connectivity index (χ0n) is 17.4. The molecular weight excluding hydrogens is 513 g/mol. The third-order valence-electron chi connectivity index (χ3n) is 4.58. The van der Waals surface area contributed by atoms with E-state index in [1.54, 1.807) is 42.5 Å². The van der Waals surface area contributed by atoms with Crippen molar-refractivity contribution in [1.82, 2.24) is 0 Å². The predicted octanol–water partition coefficient (Wildman–Crippen LogP) is 5.54. The summed E-state index contributed by atoms with van der Waals surface area (Å²) in [5, 5.41) is 11.4.